The SMILES string of the molecule is CC(O)CC1CCCCN1S(=O)(=O)c1sccc1Br. The molecule has 1 aliphatic rings. The summed E-state index contributed by atoms with van der Waals surface area (Å²) in [5, 5.41) is 11.3. The smallest absolute Gasteiger partial charge is 0.253 e. The molecular formula is C12H18BrNO3S2. The van der Waals surface area contributed by atoms with Crippen molar-refractivity contribution in [3.8, 4) is 0 Å². The number of nitrogens with zero attached hydrogens (tertiary/aromatic N) is 1. The Kier molecular flexibility index (Phi) is 5.05. The molecule has 0 bridgehead atoms. The lowest BCUT2D eigenvalue weighted by atomic mass is 10.00. The van der Waals surface area contributed by atoms with Crippen molar-refractivity contribution in [2.24, 2.45) is 0 Å². The highest BCUT2D eigenvalue weighted by molar-refractivity contribution is 9.10. The molecule has 7 heteroatoms. The van der Waals surface area contributed by atoms with Crippen LogP contribution in [-0.2, 0) is 10.0 Å². The first kappa shape index (κ1) is 15.4. The first-order valence-electron chi connectivity index (χ1n) is 6.36. The summed E-state index contributed by atoms with van der Waals surface area (Å²) in [6.45, 7) is 2.25. The minimum absolute atomic E-state index is 0.0900. The maximum Gasteiger partial charge on any atom is 0.253 e. The third-order valence-corrected chi connectivity index (χ3v) is 7.91. The van der Waals surface area contributed by atoms with E-state index in [0.717, 1.165) is 19.3 Å². The van der Waals surface area contributed by atoms with Gasteiger partial charge in [-0.05, 0) is 53.6 Å². The molecule has 1 fully saturated rings. The van der Waals surface area contributed by atoms with Gasteiger partial charge < -0.3 is 5.11 Å². The van der Waals surface area contributed by atoms with E-state index in [9.17, 15) is 13.5 Å². The number of sulfonamides is 1. The molecule has 0 aliphatic carbocycles. The van der Waals surface area contributed by atoms with Gasteiger partial charge in [0.25, 0.3) is 10.0 Å². The van der Waals surface area contributed by atoms with Crippen molar-refractivity contribution in [2.75, 3.05) is 6.54 Å². The van der Waals surface area contributed by atoms with Crippen molar-refractivity contribution in [1.29, 1.82) is 0 Å². The summed E-state index contributed by atoms with van der Waals surface area (Å²) in [6, 6.07) is 1.67. The summed E-state index contributed by atoms with van der Waals surface area (Å²) in [4.78, 5) is 0. The van der Waals surface area contributed by atoms with Crippen LogP contribution < -0.4 is 0 Å². The van der Waals surface area contributed by atoms with Gasteiger partial charge in [-0.3, -0.25) is 0 Å². The Bertz CT molecular complexity index is 527. The third-order valence-electron chi connectivity index (χ3n) is 3.31. The normalized spacial score (nSPS) is 23.4. The fourth-order valence-corrected chi connectivity index (χ4v) is 6.62. The second-order valence-corrected chi connectivity index (χ2v) is 8.76. The van der Waals surface area contributed by atoms with Gasteiger partial charge in [0.2, 0.25) is 0 Å². The van der Waals surface area contributed by atoms with Crippen LogP contribution >= 0.6 is 27.3 Å². The number of hydrogen-bond acceptors (Lipinski definition) is 4. The minimum atomic E-state index is -3.45. The maximum absolute atomic E-state index is 12.7. The van der Waals surface area contributed by atoms with Crippen LogP contribution in [0.1, 0.15) is 32.6 Å². The second-order valence-electron chi connectivity index (χ2n) is 4.91. The quantitative estimate of drug-likeness (QED) is 0.889. The molecule has 1 aliphatic heterocycles. The van der Waals surface area contributed by atoms with Crippen LogP contribution in [-0.4, -0.2) is 36.5 Å². The average molecular weight is 368 g/mol. The van der Waals surface area contributed by atoms with E-state index in [4.69, 9.17) is 0 Å². The van der Waals surface area contributed by atoms with Crippen molar-refractivity contribution in [1.82, 2.24) is 4.31 Å². The van der Waals surface area contributed by atoms with Gasteiger partial charge in [0.1, 0.15) is 4.21 Å². The molecule has 1 saturated heterocycles. The number of rotatable bonds is 4. The number of halogens is 1. The van der Waals surface area contributed by atoms with Gasteiger partial charge in [-0.2, -0.15) is 4.31 Å². The molecule has 0 aromatic carbocycles. The summed E-state index contributed by atoms with van der Waals surface area (Å²) < 4.78 is 27.9. The molecule has 0 saturated carbocycles. The molecule has 1 aromatic rings. The minimum Gasteiger partial charge on any atom is -0.393 e. The number of aliphatic hydroxyl groups excluding tert-OH is 1. The first-order valence-corrected chi connectivity index (χ1v) is 9.47. The number of thiophene rings is 1. The van der Waals surface area contributed by atoms with E-state index in [-0.39, 0.29) is 6.04 Å². The first-order chi connectivity index (χ1) is 8.93. The molecule has 1 N–H and O–H groups in total. The van der Waals surface area contributed by atoms with Crippen LogP contribution in [0.2, 0.25) is 0 Å². The van der Waals surface area contributed by atoms with E-state index < -0.39 is 16.1 Å². The van der Waals surface area contributed by atoms with E-state index >= 15 is 0 Å². The fraction of sp³-hybridized carbons (Fsp3) is 0.667. The molecule has 0 spiro atoms. The van der Waals surface area contributed by atoms with Crippen molar-refractivity contribution < 1.29 is 13.5 Å². The van der Waals surface area contributed by atoms with Crippen LogP contribution in [0.25, 0.3) is 0 Å². The standard InChI is InChI=1S/C12H18BrNO3S2/c1-9(15)8-10-4-2-3-6-14(10)19(16,17)12-11(13)5-7-18-12/h5,7,9-10,15H,2-4,6,8H2,1H3. The van der Waals surface area contributed by atoms with Crippen molar-refractivity contribution >= 4 is 37.3 Å². The van der Waals surface area contributed by atoms with E-state index in [2.05, 4.69) is 15.9 Å². The Balaban J connectivity index is 2.29. The summed E-state index contributed by atoms with van der Waals surface area (Å²) in [7, 11) is -3.45. The predicted molar refractivity (Wildman–Crippen MR) is 79.8 cm³/mol. The molecule has 1 aromatic heterocycles. The van der Waals surface area contributed by atoms with Crippen molar-refractivity contribution in [3.63, 3.8) is 0 Å². The summed E-state index contributed by atoms with van der Waals surface area (Å²) >= 11 is 4.53. The summed E-state index contributed by atoms with van der Waals surface area (Å²) in [5.74, 6) is 0. The molecule has 108 valence electrons. The lowest BCUT2D eigenvalue weighted by molar-refractivity contribution is 0.132. The molecular weight excluding hydrogens is 350 g/mol. The molecule has 2 atom stereocenters. The highest BCUT2D eigenvalue weighted by atomic mass is 79.9. The number of hydrogen-bond donors (Lipinski definition) is 1. The molecule has 2 heterocycles. The van der Waals surface area contributed by atoms with Gasteiger partial charge in [0, 0.05) is 17.1 Å². The second kappa shape index (κ2) is 6.22. The Hall–Kier alpha value is 0.0500. The molecule has 0 amide bonds. The lowest BCUT2D eigenvalue weighted by Crippen LogP contribution is -2.44. The van der Waals surface area contributed by atoms with Crippen LogP contribution in [0.3, 0.4) is 0 Å². The summed E-state index contributed by atoms with van der Waals surface area (Å²) in [5.41, 5.74) is 0. The number of piperidine rings is 1. The Morgan fingerprint density at radius 3 is 2.89 bits per heavy atom. The zero-order valence-electron chi connectivity index (χ0n) is 10.8. The van der Waals surface area contributed by atoms with Crippen molar-refractivity contribution in [2.45, 2.75) is 49.0 Å². The molecule has 2 rings (SSSR count). The van der Waals surface area contributed by atoms with Crippen LogP contribution in [0.4, 0.5) is 0 Å². The van der Waals surface area contributed by atoms with Crippen LogP contribution in [0, 0.1) is 0 Å². The molecule has 0 radical (unpaired) electrons. The average Bonchev–Trinajstić information content (AvgIpc) is 2.76. The highest BCUT2D eigenvalue weighted by Gasteiger charge is 2.35. The van der Waals surface area contributed by atoms with Gasteiger partial charge in [-0.25, -0.2) is 8.42 Å². The van der Waals surface area contributed by atoms with Crippen LogP contribution in [0.5, 0.6) is 0 Å². The monoisotopic (exact) mass is 367 g/mol. The highest BCUT2D eigenvalue weighted by Crippen LogP contribution is 2.34. The molecule has 2 unspecified atom stereocenters. The Morgan fingerprint density at radius 1 is 1.58 bits per heavy atom. The molecule has 19 heavy (non-hydrogen) atoms. The Labute approximate surface area is 126 Å². The van der Waals surface area contributed by atoms with Gasteiger partial charge in [0.05, 0.1) is 6.10 Å². The van der Waals surface area contributed by atoms with E-state index in [0.29, 0.717) is 21.6 Å². The maximum atomic E-state index is 12.7. The van der Waals surface area contributed by atoms with E-state index in [1.54, 1.807) is 22.7 Å². The third kappa shape index (κ3) is 3.39. The fourth-order valence-electron chi connectivity index (χ4n) is 2.49. The van der Waals surface area contributed by atoms with E-state index in [1.165, 1.54) is 11.3 Å². The van der Waals surface area contributed by atoms with Crippen molar-refractivity contribution in [3.05, 3.63) is 15.9 Å². The topological polar surface area (TPSA) is 57.6 Å². The van der Waals surface area contributed by atoms with Crippen LogP contribution in [0.15, 0.2) is 20.1 Å². The zero-order valence-corrected chi connectivity index (χ0v) is 14.0. The molecule has 4 nitrogen and oxygen atoms in total. The zero-order chi connectivity index (χ0) is 14.0. The Morgan fingerprint density at radius 2 is 2.32 bits per heavy atom. The summed E-state index contributed by atoms with van der Waals surface area (Å²) in [6.07, 6.45) is 2.76. The van der Waals surface area contributed by atoms with Gasteiger partial charge >= 0.3 is 0 Å². The largest absolute Gasteiger partial charge is 0.393 e. The van der Waals surface area contributed by atoms with E-state index in [1.807, 2.05) is 0 Å². The van der Waals surface area contributed by atoms with Gasteiger partial charge in [-0.15, -0.1) is 11.3 Å². The number of aliphatic hydroxyl groups is 1. The van der Waals surface area contributed by atoms with Gasteiger partial charge in [-0.1, -0.05) is 6.42 Å². The van der Waals surface area contributed by atoms with Gasteiger partial charge in [0.15, 0.2) is 0 Å². The predicted octanol–water partition coefficient (Wildman–Crippen LogP) is 2.82. The lowest BCUT2D eigenvalue weighted by Gasteiger charge is -2.35.